The molecule has 2 atom stereocenters. The fourth-order valence-electron chi connectivity index (χ4n) is 5.51. The number of rotatable bonds is 6. The first-order valence-electron chi connectivity index (χ1n) is 13.4. The molecule has 2 heterocycles. The number of ether oxygens (including phenoxy) is 3. The molecule has 204 valence electrons. The van der Waals surface area contributed by atoms with Gasteiger partial charge < -0.3 is 14.2 Å². The number of hydrogen-bond donors (Lipinski definition) is 0. The normalized spacial score (nSPS) is 18.5. The SMILES string of the molecule is CCO[C@H]1CCN(Cc2c(C)cc(C)c3c2ccn3C(=O)OC(C)(C)C)[C@H](c2ccc(C(=O)OC)cc2)C1. The topological polar surface area (TPSA) is 70.0 Å². The van der Waals surface area contributed by atoms with E-state index in [2.05, 4.69) is 17.9 Å². The molecule has 0 N–H and O–H groups in total. The van der Waals surface area contributed by atoms with Crippen LogP contribution in [0.1, 0.15) is 79.2 Å². The van der Waals surface area contributed by atoms with E-state index in [9.17, 15) is 9.59 Å². The molecule has 0 amide bonds. The van der Waals surface area contributed by atoms with Crippen LogP contribution in [0.3, 0.4) is 0 Å². The van der Waals surface area contributed by atoms with Gasteiger partial charge in [0.1, 0.15) is 5.60 Å². The molecule has 1 fully saturated rings. The minimum Gasteiger partial charge on any atom is -0.465 e. The summed E-state index contributed by atoms with van der Waals surface area (Å²) in [5, 5.41) is 1.07. The minimum absolute atomic E-state index is 0.135. The molecule has 4 rings (SSSR count). The van der Waals surface area contributed by atoms with Gasteiger partial charge >= 0.3 is 12.1 Å². The Morgan fingerprint density at radius 2 is 1.76 bits per heavy atom. The number of esters is 1. The molecule has 0 bridgehead atoms. The van der Waals surface area contributed by atoms with Crippen molar-refractivity contribution < 1.29 is 23.8 Å². The van der Waals surface area contributed by atoms with E-state index in [-0.39, 0.29) is 24.2 Å². The number of likely N-dealkylation sites (tertiary alicyclic amines) is 1. The Morgan fingerprint density at radius 3 is 2.39 bits per heavy atom. The molecule has 2 aromatic carbocycles. The Labute approximate surface area is 225 Å². The average molecular weight is 521 g/mol. The van der Waals surface area contributed by atoms with Gasteiger partial charge in [-0.25, -0.2) is 9.59 Å². The van der Waals surface area contributed by atoms with Crippen molar-refractivity contribution in [3.05, 3.63) is 70.4 Å². The Hall–Kier alpha value is -3.16. The molecule has 1 saturated heterocycles. The van der Waals surface area contributed by atoms with E-state index in [1.165, 1.54) is 18.2 Å². The van der Waals surface area contributed by atoms with Crippen LogP contribution < -0.4 is 0 Å². The number of benzene rings is 2. The van der Waals surface area contributed by atoms with Crippen molar-refractivity contribution in [1.82, 2.24) is 9.47 Å². The molecule has 7 heteroatoms. The molecule has 1 aromatic heterocycles. The maximum absolute atomic E-state index is 13.0. The smallest absolute Gasteiger partial charge is 0.418 e. The first-order valence-corrected chi connectivity index (χ1v) is 13.4. The van der Waals surface area contributed by atoms with Gasteiger partial charge in [-0.05, 0) is 94.8 Å². The third-order valence-corrected chi connectivity index (χ3v) is 7.23. The number of aromatic nitrogens is 1. The van der Waals surface area contributed by atoms with Crippen LogP contribution in [0.2, 0.25) is 0 Å². The molecule has 0 aliphatic carbocycles. The maximum atomic E-state index is 13.0. The summed E-state index contributed by atoms with van der Waals surface area (Å²) >= 11 is 0. The van der Waals surface area contributed by atoms with Crippen LogP contribution in [0.5, 0.6) is 0 Å². The highest BCUT2D eigenvalue weighted by Crippen LogP contribution is 2.36. The highest BCUT2D eigenvalue weighted by Gasteiger charge is 2.31. The Kier molecular flexibility index (Phi) is 8.28. The quantitative estimate of drug-likeness (QED) is 0.342. The molecular weight excluding hydrogens is 480 g/mol. The summed E-state index contributed by atoms with van der Waals surface area (Å²) in [7, 11) is 1.40. The summed E-state index contributed by atoms with van der Waals surface area (Å²) in [4.78, 5) is 27.5. The standard InChI is InChI=1S/C31H40N2O5/c1-8-37-24-13-15-32(27(18-24)22-9-11-23(12-10-22)29(34)36-7)19-26-20(2)17-21(3)28-25(26)14-16-33(28)30(35)38-31(4,5)6/h9-12,14,16-17,24,27H,8,13,15,18-19H2,1-7H3/t24-,27-/m0/s1. The van der Waals surface area contributed by atoms with Crippen LogP contribution in [0.15, 0.2) is 42.6 Å². The highest BCUT2D eigenvalue weighted by atomic mass is 16.6. The van der Waals surface area contributed by atoms with Gasteiger partial charge in [0.15, 0.2) is 0 Å². The van der Waals surface area contributed by atoms with Crippen LogP contribution in [0.25, 0.3) is 10.9 Å². The van der Waals surface area contributed by atoms with Crippen LogP contribution in [0, 0.1) is 13.8 Å². The van der Waals surface area contributed by atoms with E-state index in [0.717, 1.165) is 48.0 Å². The van der Waals surface area contributed by atoms with E-state index >= 15 is 0 Å². The zero-order chi connectivity index (χ0) is 27.6. The summed E-state index contributed by atoms with van der Waals surface area (Å²) < 4.78 is 18.2. The van der Waals surface area contributed by atoms with Crippen molar-refractivity contribution >= 4 is 23.0 Å². The van der Waals surface area contributed by atoms with Crippen molar-refractivity contribution in [3.63, 3.8) is 0 Å². The molecule has 0 saturated carbocycles. The van der Waals surface area contributed by atoms with Crippen LogP contribution in [0.4, 0.5) is 4.79 Å². The van der Waals surface area contributed by atoms with Crippen LogP contribution in [-0.2, 0) is 20.8 Å². The number of aryl methyl sites for hydroxylation is 2. The van der Waals surface area contributed by atoms with Gasteiger partial charge in [-0.15, -0.1) is 0 Å². The van der Waals surface area contributed by atoms with Gasteiger partial charge in [-0.3, -0.25) is 9.47 Å². The van der Waals surface area contributed by atoms with Crippen LogP contribution in [-0.4, -0.2) is 53.5 Å². The van der Waals surface area contributed by atoms with E-state index < -0.39 is 5.60 Å². The molecule has 1 aliphatic rings. The Morgan fingerprint density at radius 1 is 1.05 bits per heavy atom. The van der Waals surface area contributed by atoms with Crippen molar-refractivity contribution in [1.29, 1.82) is 0 Å². The van der Waals surface area contributed by atoms with Gasteiger partial charge in [-0.1, -0.05) is 18.2 Å². The first-order chi connectivity index (χ1) is 18.0. The summed E-state index contributed by atoms with van der Waals surface area (Å²) in [6.07, 6.45) is 3.47. The summed E-state index contributed by atoms with van der Waals surface area (Å²) in [5.74, 6) is -0.337. The lowest BCUT2D eigenvalue weighted by molar-refractivity contribution is -0.0137. The van der Waals surface area contributed by atoms with Gasteiger partial charge in [0.05, 0.1) is 24.3 Å². The number of hydrogen-bond acceptors (Lipinski definition) is 6. The Balaban J connectivity index is 1.69. The van der Waals surface area contributed by atoms with Gasteiger partial charge in [0, 0.05) is 37.3 Å². The lowest BCUT2D eigenvalue weighted by Gasteiger charge is -2.40. The second-order valence-electron chi connectivity index (χ2n) is 11.1. The van der Waals surface area contributed by atoms with E-state index in [4.69, 9.17) is 14.2 Å². The predicted octanol–water partition coefficient (Wildman–Crippen LogP) is 6.57. The predicted molar refractivity (Wildman–Crippen MR) is 149 cm³/mol. The molecule has 1 aliphatic heterocycles. The molecule has 0 radical (unpaired) electrons. The molecular formula is C31H40N2O5. The highest BCUT2D eigenvalue weighted by molar-refractivity contribution is 5.94. The van der Waals surface area contributed by atoms with E-state index in [1.54, 1.807) is 4.57 Å². The molecule has 7 nitrogen and oxygen atoms in total. The number of carbonyl (C=O) groups excluding carboxylic acids is 2. The largest absolute Gasteiger partial charge is 0.465 e. The van der Waals surface area contributed by atoms with Crippen molar-refractivity contribution in [3.8, 4) is 0 Å². The van der Waals surface area contributed by atoms with Crippen LogP contribution >= 0.6 is 0 Å². The van der Waals surface area contributed by atoms with Gasteiger partial charge in [0.2, 0.25) is 0 Å². The van der Waals surface area contributed by atoms with Crippen molar-refractivity contribution in [2.45, 2.75) is 78.7 Å². The number of nitrogens with zero attached hydrogens (tertiary/aromatic N) is 2. The van der Waals surface area contributed by atoms with Gasteiger partial charge in [-0.2, -0.15) is 0 Å². The minimum atomic E-state index is -0.573. The van der Waals surface area contributed by atoms with Crippen molar-refractivity contribution in [2.24, 2.45) is 0 Å². The second kappa shape index (κ2) is 11.3. The van der Waals surface area contributed by atoms with Crippen molar-refractivity contribution in [2.75, 3.05) is 20.3 Å². The van der Waals surface area contributed by atoms with Gasteiger partial charge in [0.25, 0.3) is 0 Å². The van der Waals surface area contributed by atoms with E-state index in [1.807, 2.05) is 71.1 Å². The number of piperidine rings is 1. The van der Waals surface area contributed by atoms with E-state index in [0.29, 0.717) is 12.2 Å². The third-order valence-electron chi connectivity index (χ3n) is 7.23. The fraction of sp³-hybridized carbons (Fsp3) is 0.484. The zero-order valence-corrected chi connectivity index (χ0v) is 23.7. The molecule has 3 aromatic rings. The molecule has 0 unspecified atom stereocenters. The maximum Gasteiger partial charge on any atom is 0.418 e. The number of carbonyl (C=O) groups is 2. The zero-order valence-electron chi connectivity index (χ0n) is 23.7. The summed E-state index contributed by atoms with van der Waals surface area (Å²) in [6, 6.07) is 12.0. The lowest BCUT2D eigenvalue weighted by atomic mass is 9.91. The summed E-state index contributed by atoms with van der Waals surface area (Å²) in [6.45, 7) is 14.2. The third kappa shape index (κ3) is 5.94. The molecule has 38 heavy (non-hydrogen) atoms. The fourth-order valence-corrected chi connectivity index (χ4v) is 5.51. The summed E-state index contributed by atoms with van der Waals surface area (Å²) in [5.41, 5.74) is 5.46. The number of fused-ring (bicyclic) bond motifs is 1. The second-order valence-corrected chi connectivity index (χ2v) is 11.1. The monoisotopic (exact) mass is 520 g/mol. The Bertz CT molecular complexity index is 1300. The number of methoxy groups -OCH3 is 1. The lowest BCUT2D eigenvalue weighted by Crippen LogP contribution is -2.39. The first kappa shape index (κ1) is 27.9. The molecule has 0 spiro atoms. The average Bonchev–Trinajstić information content (AvgIpc) is 3.32.